The van der Waals surface area contributed by atoms with Gasteiger partial charge in [0.1, 0.15) is 11.4 Å². The molecule has 0 bridgehead atoms. The molecule has 0 atom stereocenters. The number of nitrogens with one attached hydrogen (secondary N) is 1. The number of carbonyl (C=O) groups is 1. The van der Waals surface area contributed by atoms with Crippen LogP contribution >= 0.6 is 0 Å². The van der Waals surface area contributed by atoms with Gasteiger partial charge < -0.3 is 15.2 Å². The Kier molecular flexibility index (Phi) is 4.68. The van der Waals surface area contributed by atoms with Crippen molar-refractivity contribution in [3.8, 4) is 5.75 Å². The fraction of sp³-hybridized carbons (Fsp3) is 0.200. The third-order valence-corrected chi connectivity index (χ3v) is 2.64. The van der Waals surface area contributed by atoms with E-state index in [2.05, 4.69) is 10.3 Å². The van der Waals surface area contributed by atoms with Gasteiger partial charge in [-0.05, 0) is 31.2 Å². The maximum absolute atomic E-state index is 11.7. The van der Waals surface area contributed by atoms with Crippen LogP contribution in [0.3, 0.4) is 0 Å². The SMILES string of the molecule is Cc1ccc(OCC(=O)Nc2ccccc2)c(CO)n1. The summed E-state index contributed by atoms with van der Waals surface area (Å²) in [5.41, 5.74) is 1.93. The Labute approximate surface area is 117 Å². The number of rotatable bonds is 5. The molecule has 20 heavy (non-hydrogen) atoms. The van der Waals surface area contributed by atoms with Gasteiger partial charge in [-0.2, -0.15) is 0 Å². The standard InChI is InChI=1S/C15H16N2O3/c1-11-7-8-14(13(9-18)16-11)20-10-15(19)17-12-5-3-2-4-6-12/h2-8,18H,9-10H2,1H3,(H,17,19). The van der Waals surface area contributed by atoms with E-state index in [-0.39, 0.29) is 19.1 Å². The first-order chi connectivity index (χ1) is 9.69. The predicted octanol–water partition coefficient (Wildman–Crippen LogP) is 1.90. The molecule has 0 saturated carbocycles. The number of amides is 1. The van der Waals surface area contributed by atoms with Crippen molar-refractivity contribution in [2.75, 3.05) is 11.9 Å². The highest BCUT2D eigenvalue weighted by Crippen LogP contribution is 2.16. The van der Waals surface area contributed by atoms with E-state index in [0.29, 0.717) is 17.1 Å². The molecule has 0 spiro atoms. The van der Waals surface area contributed by atoms with Gasteiger partial charge in [0.15, 0.2) is 6.61 Å². The third-order valence-electron chi connectivity index (χ3n) is 2.64. The van der Waals surface area contributed by atoms with E-state index in [1.165, 1.54) is 0 Å². The first-order valence-corrected chi connectivity index (χ1v) is 6.24. The summed E-state index contributed by atoms with van der Waals surface area (Å²) >= 11 is 0. The number of anilines is 1. The smallest absolute Gasteiger partial charge is 0.262 e. The van der Waals surface area contributed by atoms with Gasteiger partial charge >= 0.3 is 0 Å². The number of aliphatic hydroxyl groups excluding tert-OH is 1. The molecule has 2 N–H and O–H groups in total. The number of para-hydroxylation sites is 1. The lowest BCUT2D eigenvalue weighted by Crippen LogP contribution is -2.20. The summed E-state index contributed by atoms with van der Waals surface area (Å²) in [5.74, 6) is 0.155. The average molecular weight is 272 g/mol. The van der Waals surface area contributed by atoms with Crippen LogP contribution in [0.2, 0.25) is 0 Å². The summed E-state index contributed by atoms with van der Waals surface area (Å²) in [7, 11) is 0. The van der Waals surface area contributed by atoms with Crippen LogP contribution < -0.4 is 10.1 Å². The highest BCUT2D eigenvalue weighted by atomic mass is 16.5. The Balaban J connectivity index is 1.93. The third kappa shape index (κ3) is 3.80. The summed E-state index contributed by atoms with van der Waals surface area (Å²) in [6.45, 7) is 1.47. The maximum Gasteiger partial charge on any atom is 0.262 e. The van der Waals surface area contributed by atoms with Crippen molar-refractivity contribution in [2.24, 2.45) is 0 Å². The lowest BCUT2D eigenvalue weighted by molar-refractivity contribution is -0.118. The number of nitrogens with zero attached hydrogens (tertiary/aromatic N) is 1. The zero-order valence-corrected chi connectivity index (χ0v) is 11.2. The van der Waals surface area contributed by atoms with Crippen LogP contribution in [-0.4, -0.2) is 22.6 Å². The van der Waals surface area contributed by atoms with Crippen molar-refractivity contribution in [1.29, 1.82) is 0 Å². The molecule has 0 aliphatic heterocycles. The molecule has 2 rings (SSSR count). The molecule has 0 aliphatic carbocycles. The van der Waals surface area contributed by atoms with Crippen LogP contribution in [0.15, 0.2) is 42.5 Å². The molecule has 5 heteroatoms. The van der Waals surface area contributed by atoms with Crippen molar-refractivity contribution in [1.82, 2.24) is 4.98 Å². The Morgan fingerprint density at radius 1 is 1.25 bits per heavy atom. The lowest BCUT2D eigenvalue weighted by Gasteiger charge is -2.10. The van der Waals surface area contributed by atoms with Crippen LogP contribution in [0.1, 0.15) is 11.4 Å². The number of aromatic nitrogens is 1. The molecule has 104 valence electrons. The molecule has 1 aromatic carbocycles. The Hall–Kier alpha value is -2.40. The minimum absolute atomic E-state index is 0.132. The monoisotopic (exact) mass is 272 g/mol. The van der Waals surface area contributed by atoms with E-state index in [9.17, 15) is 9.90 Å². The largest absolute Gasteiger partial charge is 0.482 e. The minimum Gasteiger partial charge on any atom is -0.482 e. The molecule has 0 unspecified atom stereocenters. The molecule has 0 aliphatic rings. The van der Waals surface area contributed by atoms with Gasteiger partial charge in [0, 0.05) is 11.4 Å². The average Bonchev–Trinajstić information content (AvgIpc) is 2.47. The first-order valence-electron chi connectivity index (χ1n) is 6.24. The number of aliphatic hydroxyl groups is 1. The molecular weight excluding hydrogens is 256 g/mol. The molecule has 0 saturated heterocycles. The fourth-order valence-electron chi connectivity index (χ4n) is 1.70. The highest BCUT2D eigenvalue weighted by Gasteiger charge is 2.08. The maximum atomic E-state index is 11.7. The van der Waals surface area contributed by atoms with Crippen LogP contribution in [0.5, 0.6) is 5.75 Å². The van der Waals surface area contributed by atoms with E-state index in [1.54, 1.807) is 24.3 Å². The zero-order valence-electron chi connectivity index (χ0n) is 11.2. The number of aryl methyl sites for hydroxylation is 1. The van der Waals surface area contributed by atoms with Gasteiger partial charge in [0.05, 0.1) is 6.61 Å². The summed E-state index contributed by atoms with van der Waals surface area (Å²) in [6.07, 6.45) is 0. The first kappa shape index (κ1) is 14.0. The zero-order chi connectivity index (χ0) is 14.4. The molecule has 1 heterocycles. The van der Waals surface area contributed by atoms with Crippen LogP contribution in [0.25, 0.3) is 0 Å². The number of pyridine rings is 1. The van der Waals surface area contributed by atoms with Gasteiger partial charge in [0.2, 0.25) is 0 Å². The van der Waals surface area contributed by atoms with Gasteiger partial charge in [-0.15, -0.1) is 0 Å². The van der Waals surface area contributed by atoms with Crippen LogP contribution in [-0.2, 0) is 11.4 Å². The van der Waals surface area contributed by atoms with E-state index < -0.39 is 0 Å². The minimum atomic E-state index is -0.263. The van der Waals surface area contributed by atoms with Crippen molar-refractivity contribution < 1.29 is 14.6 Å². The fourth-order valence-corrected chi connectivity index (χ4v) is 1.70. The second-order valence-corrected chi connectivity index (χ2v) is 4.26. The number of hydrogen-bond acceptors (Lipinski definition) is 4. The Morgan fingerprint density at radius 2 is 2.00 bits per heavy atom. The second kappa shape index (κ2) is 6.68. The Morgan fingerprint density at radius 3 is 2.70 bits per heavy atom. The van der Waals surface area contributed by atoms with Gasteiger partial charge in [-0.3, -0.25) is 9.78 Å². The van der Waals surface area contributed by atoms with Crippen molar-refractivity contribution in [3.05, 3.63) is 53.9 Å². The Bertz CT molecular complexity index is 585. The van der Waals surface area contributed by atoms with Crippen molar-refractivity contribution in [2.45, 2.75) is 13.5 Å². The van der Waals surface area contributed by atoms with E-state index in [0.717, 1.165) is 5.69 Å². The van der Waals surface area contributed by atoms with E-state index in [1.807, 2.05) is 25.1 Å². The normalized spacial score (nSPS) is 10.1. The molecule has 1 aromatic heterocycles. The molecule has 2 aromatic rings. The van der Waals surface area contributed by atoms with Crippen molar-refractivity contribution in [3.63, 3.8) is 0 Å². The van der Waals surface area contributed by atoms with Gasteiger partial charge in [0.25, 0.3) is 5.91 Å². The molecule has 5 nitrogen and oxygen atoms in total. The summed E-state index contributed by atoms with van der Waals surface area (Å²) in [5, 5.41) is 11.9. The number of ether oxygens (including phenoxy) is 1. The summed E-state index contributed by atoms with van der Waals surface area (Å²) in [6, 6.07) is 12.6. The molecule has 1 amide bonds. The quantitative estimate of drug-likeness (QED) is 0.872. The number of carbonyl (C=O) groups excluding carboxylic acids is 1. The molecule has 0 fully saturated rings. The lowest BCUT2D eigenvalue weighted by atomic mass is 10.3. The van der Waals surface area contributed by atoms with E-state index in [4.69, 9.17) is 4.74 Å². The van der Waals surface area contributed by atoms with Gasteiger partial charge in [-0.25, -0.2) is 0 Å². The highest BCUT2D eigenvalue weighted by molar-refractivity contribution is 5.91. The number of benzene rings is 1. The van der Waals surface area contributed by atoms with Crippen LogP contribution in [0, 0.1) is 6.92 Å². The second-order valence-electron chi connectivity index (χ2n) is 4.26. The summed E-state index contributed by atoms with van der Waals surface area (Å²) in [4.78, 5) is 15.9. The number of hydrogen-bond donors (Lipinski definition) is 2. The summed E-state index contributed by atoms with van der Waals surface area (Å²) < 4.78 is 5.38. The van der Waals surface area contributed by atoms with Gasteiger partial charge in [-0.1, -0.05) is 18.2 Å². The topological polar surface area (TPSA) is 71.5 Å². The van der Waals surface area contributed by atoms with Crippen molar-refractivity contribution >= 4 is 11.6 Å². The van der Waals surface area contributed by atoms with Crippen LogP contribution in [0.4, 0.5) is 5.69 Å². The molecule has 0 radical (unpaired) electrons. The molecular formula is C15H16N2O3. The van der Waals surface area contributed by atoms with E-state index >= 15 is 0 Å². The predicted molar refractivity (Wildman–Crippen MR) is 75.5 cm³/mol.